The summed E-state index contributed by atoms with van der Waals surface area (Å²) in [5.74, 6) is 0.618. The summed E-state index contributed by atoms with van der Waals surface area (Å²) >= 11 is 0. The lowest BCUT2D eigenvalue weighted by Gasteiger charge is -2.22. The maximum Gasteiger partial charge on any atom is 0.226 e. The molecule has 1 aromatic carbocycles. The molecule has 2 N–H and O–H groups in total. The van der Waals surface area contributed by atoms with Gasteiger partial charge < -0.3 is 10.6 Å². The number of rotatable bonds is 6. The molecular formula is C17H28N2O. The lowest BCUT2D eigenvalue weighted by Crippen LogP contribution is -2.35. The second kappa shape index (κ2) is 7.44. The van der Waals surface area contributed by atoms with Crippen LogP contribution < -0.4 is 5.73 Å². The van der Waals surface area contributed by atoms with E-state index in [1.54, 1.807) is 4.90 Å². The summed E-state index contributed by atoms with van der Waals surface area (Å²) < 4.78 is 0. The van der Waals surface area contributed by atoms with Crippen molar-refractivity contribution in [3.63, 3.8) is 0 Å². The number of nitrogens with two attached hydrogens (primary N) is 1. The molecule has 1 aromatic rings. The number of amides is 1. The molecule has 0 heterocycles. The van der Waals surface area contributed by atoms with E-state index in [1.165, 1.54) is 11.1 Å². The predicted molar refractivity (Wildman–Crippen MR) is 84.7 cm³/mol. The second-order valence-electron chi connectivity index (χ2n) is 6.12. The molecule has 3 nitrogen and oxygen atoms in total. The van der Waals surface area contributed by atoms with Crippen molar-refractivity contribution in [2.75, 3.05) is 13.6 Å². The first-order valence-corrected chi connectivity index (χ1v) is 7.37. The third-order valence-corrected chi connectivity index (χ3v) is 3.93. The van der Waals surface area contributed by atoms with Crippen LogP contribution in [0.5, 0.6) is 0 Å². The number of nitrogens with zero attached hydrogens (tertiary/aromatic N) is 1. The molecule has 0 aliphatic carbocycles. The molecule has 0 radical (unpaired) electrons. The van der Waals surface area contributed by atoms with Crippen LogP contribution in [-0.2, 0) is 11.2 Å². The van der Waals surface area contributed by atoms with E-state index in [4.69, 9.17) is 5.73 Å². The van der Waals surface area contributed by atoms with E-state index in [2.05, 4.69) is 45.9 Å². The van der Waals surface area contributed by atoms with E-state index < -0.39 is 0 Å². The Morgan fingerprint density at radius 1 is 1.30 bits per heavy atom. The van der Waals surface area contributed by atoms with Gasteiger partial charge in [0.15, 0.2) is 0 Å². The lowest BCUT2D eigenvalue weighted by molar-refractivity contribution is -0.129. The quantitative estimate of drug-likeness (QED) is 0.868. The van der Waals surface area contributed by atoms with Crippen LogP contribution >= 0.6 is 0 Å². The zero-order chi connectivity index (χ0) is 15.3. The van der Waals surface area contributed by atoms with Gasteiger partial charge in [-0.3, -0.25) is 4.79 Å². The summed E-state index contributed by atoms with van der Waals surface area (Å²) in [6.45, 7) is 9.06. The molecule has 3 heteroatoms. The minimum absolute atomic E-state index is 0.158. The zero-order valence-electron chi connectivity index (χ0n) is 13.4. The molecule has 0 aliphatic rings. The van der Waals surface area contributed by atoms with Gasteiger partial charge in [0.1, 0.15) is 0 Å². The minimum Gasteiger partial charge on any atom is -0.345 e. The van der Waals surface area contributed by atoms with Gasteiger partial charge in [-0.05, 0) is 37.3 Å². The molecule has 0 bridgehead atoms. The van der Waals surface area contributed by atoms with Crippen molar-refractivity contribution < 1.29 is 4.79 Å². The van der Waals surface area contributed by atoms with Crippen LogP contribution in [0.3, 0.4) is 0 Å². The van der Waals surface area contributed by atoms with Crippen molar-refractivity contribution in [3.05, 3.63) is 34.9 Å². The number of likely N-dealkylation sites (N-methyl/N-ethyl adjacent to an activating group) is 1. The third-order valence-electron chi connectivity index (χ3n) is 3.93. The molecule has 0 saturated heterocycles. The van der Waals surface area contributed by atoms with Crippen LogP contribution in [0.2, 0.25) is 0 Å². The van der Waals surface area contributed by atoms with Crippen LogP contribution in [0.25, 0.3) is 0 Å². The molecule has 0 saturated carbocycles. The molecule has 0 fully saturated rings. The highest BCUT2D eigenvalue weighted by Gasteiger charge is 2.14. The first-order chi connectivity index (χ1) is 9.31. The fourth-order valence-electron chi connectivity index (χ4n) is 2.09. The van der Waals surface area contributed by atoms with Crippen molar-refractivity contribution >= 4 is 5.91 Å². The van der Waals surface area contributed by atoms with Crippen LogP contribution in [0.15, 0.2) is 18.2 Å². The Balaban J connectivity index is 2.55. The maximum absolute atomic E-state index is 12.2. The summed E-state index contributed by atoms with van der Waals surface area (Å²) in [4.78, 5) is 14.0. The summed E-state index contributed by atoms with van der Waals surface area (Å²) in [6.07, 6.45) is 1.33. The fourth-order valence-corrected chi connectivity index (χ4v) is 2.09. The number of benzene rings is 1. The molecule has 0 aliphatic heterocycles. The van der Waals surface area contributed by atoms with Gasteiger partial charge in [-0.1, -0.05) is 37.6 Å². The highest BCUT2D eigenvalue weighted by atomic mass is 16.2. The molecule has 0 aromatic heterocycles. The van der Waals surface area contributed by atoms with Crippen molar-refractivity contribution in [1.82, 2.24) is 4.90 Å². The van der Waals surface area contributed by atoms with Crippen molar-refractivity contribution in [2.24, 2.45) is 11.7 Å². The van der Waals surface area contributed by atoms with Gasteiger partial charge in [-0.15, -0.1) is 0 Å². The Kier molecular flexibility index (Phi) is 6.21. The van der Waals surface area contributed by atoms with E-state index in [0.717, 1.165) is 18.5 Å². The number of carbonyl (C=O) groups is 1. The summed E-state index contributed by atoms with van der Waals surface area (Å²) in [5.41, 5.74) is 9.52. The van der Waals surface area contributed by atoms with E-state index in [-0.39, 0.29) is 11.9 Å². The van der Waals surface area contributed by atoms with Crippen molar-refractivity contribution in [3.8, 4) is 0 Å². The third kappa shape index (κ3) is 4.97. The second-order valence-corrected chi connectivity index (χ2v) is 6.12. The highest BCUT2D eigenvalue weighted by Crippen LogP contribution is 2.12. The molecule has 20 heavy (non-hydrogen) atoms. The fraction of sp³-hybridized carbons (Fsp3) is 0.588. The Labute approximate surface area is 123 Å². The largest absolute Gasteiger partial charge is 0.345 e. The molecular weight excluding hydrogens is 248 g/mol. The average Bonchev–Trinajstić information content (AvgIpc) is 2.39. The van der Waals surface area contributed by atoms with Crippen LogP contribution in [0.4, 0.5) is 0 Å². The highest BCUT2D eigenvalue weighted by molar-refractivity contribution is 5.78. The van der Waals surface area contributed by atoms with Gasteiger partial charge in [0.05, 0.1) is 6.42 Å². The standard InChI is InChI=1S/C17H28N2O/c1-12(2)16(18)8-9-19(5)17(20)11-15-10-13(3)6-7-14(15)4/h6-7,10,12,16H,8-9,11,18H2,1-5H3. The van der Waals surface area contributed by atoms with Gasteiger partial charge in [-0.2, -0.15) is 0 Å². The minimum atomic E-state index is 0.158. The van der Waals surface area contributed by atoms with Crippen molar-refractivity contribution in [2.45, 2.75) is 46.6 Å². The van der Waals surface area contributed by atoms with Crippen LogP contribution in [-0.4, -0.2) is 30.4 Å². The molecule has 112 valence electrons. The smallest absolute Gasteiger partial charge is 0.226 e. The van der Waals surface area contributed by atoms with E-state index in [1.807, 2.05) is 7.05 Å². The summed E-state index contributed by atoms with van der Waals surface area (Å²) in [6, 6.07) is 6.41. The summed E-state index contributed by atoms with van der Waals surface area (Å²) in [7, 11) is 1.86. The molecule has 1 unspecified atom stereocenters. The Morgan fingerprint density at radius 2 is 1.95 bits per heavy atom. The Hall–Kier alpha value is -1.35. The molecule has 1 rings (SSSR count). The SMILES string of the molecule is Cc1ccc(C)c(CC(=O)N(C)CCC(N)C(C)C)c1. The first-order valence-electron chi connectivity index (χ1n) is 7.37. The van der Waals surface area contributed by atoms with Crippen LogP contribution in [0, 0.1) is 19.8 Å². The zero-order valence-corrected chi connectivity index (χ0v) is 13.4. The maximum atomic E-state index is 12.2. The Morgan fingerprint density at radius 3 is 2.55 bits per heavy atom. The Bertz CT molecular complexity index is 454. The van der Waals surface area contributed by atoms with Gasteiger partial charge in [-0.25, -0.2) is 0 Å². The topological polar surface area (TPSA) is 46.3 Å². The van der Waals surface area contributed by atoms with E-state index >= 15 is 0 Å². The normalized spacial score (nSPS) is 12.6. The van der Waals surface area contributed by atoms with Crippen molar-refractivity contribution in [1.29, 1.82) is 0 Å². The number of hydrogen-bond donors (Lipinski definition) is 1. The van der Waals surface area contributed by atoms with Gasteiger partial charge >= 0.3 is 0 Å². The number of aryl methyl sites for hydroxylation is 2. The van der Waals surface area contributed by atoms with Crippen LogP contribution in [0.1, 0.15) is 37.0 Å². The average molecular weight is 276 g/mol. The van der Waals surface area contributed by atoms with Gasteiger partial charge in [0, 0.05) is 19.6 Å². The monoisotopic (exact) mass is 276 g/mol. The lowest BCUT2D eigenvalue weighted by atomic mass is 10.0. The molecule has 0 spiro atoms. The van der Waals surface area contributed by atoms with E-state index in [9.17, 15) is 4.79 Å². The first kappa shape index (κ1) is 16.7. The number of carbonyl (C=O) groups excluding carboxylic acids is 1. The number of hydrogen-bond acceptors (Lipinski definition) is 2. The van der Waals surface area contributed by atoms with Gasteiger partial charge in [0.25, 0.3) is 0 Å². The molecule has 1 atom stereocenters. The van der Waals surface area contributed by atoms with E-state index in [0.29, 0.717) is 12.3 Å². The predicted octanol–water partition coefficient (Wildman–Crippen LogP) is 2.68. The van der Waals surface area contributed by atoms with Gasteiger partial charge in [0.2, 0.25) is 5.91 Å². The summed E-state index contributed by atoms with van der Waals surface area (Å²) in [5, 5.41) is 0. The molecule has 1 amide bonds.